The topological polar surface area (TPSA) is 96.0 Å². The van der Waals surface area contributed by atoms with Crippen molar-refractivity contribution >= 4 is 27.5 Å². The fourth-order valence-corrected chi connectivity index (χ4v) is 5.51. The molecule has 3 aromatic rings. The summed E-state index contributed by atoms with van der Waals surface area (Å²) < 4.78 is 47.4. The van der Waals surface area contributed by atoms with Gasteiger partial charge in [0.05, 0.1) is 17.7 Å². The fraction of sp³-hybridized carbons (Fsp3) is 0.310. The number of rotatable bonds is 12. The van der Waals surface area contributed by atoms with Gasteiger partial charge in [-0.1, -0.05) is 37.3 Å². The number of carbonyl (C=O) groups is 2. The third kappa shape index (κ3) is 7.57. The average molecular weight is 556 g/mol. The molecular formula is C29H34FN3O5S. The summed E-state index contributed by atoms with van der Waals surface area (Å²) in [5.41, 5.74) is 0.896. The van der Waals surface area contributed by atoms with E-state index in [2.05, 4.69) is 5.32 Å². The van der Waals surface area contributed by atoms with Crippen LogP contribution in [0.3, 0.4) is 0 Å². The number of amides is 2. The molecule has 0 fully saturated rings. The van der Waals surface area contributed by atoms with Gasteiger partial charge in [0.25, 0.3) is 10.0 Å². The van der Waals surface area contributed by atoms with Gasteiger partial charge in [0.2, 0.25) is 11.8 Å². The van der Waals surface area contributed by atoms with Crippen LogP contribution >= 0.6 is 0 Å². The van der Waals surface area contributed by atoms with Crippen LogP contribution in [0.25, 0.3) is 0 Å². The minimum atomic E-state index is -4.26. The zero-order chi connectivity index (χ0) is 28.6. The summed E-state index contributed by atoms with van der Waals surface area (Å²) in [6.45, 7) is 4.95. The first-order chi connectivity index (χ1) is 18.6. The van der Waals surface area contributed by atoms with Crippen LogP contribution in [0.1, 0.15) is 32.8 Å². The van der Waals surface area contributed by atoms with Crippen LogP contribution in [-0.4, -0.2) is 50.9 Å². The molecule has 0 spiro atoms. The highest BCUT2D eigenvalue weighted by Gasteiger charge is 2.33. The van der Waals surface area contributed by atoms with Crippen LogP contribution in [0.5, 0.6) is 5.75 Å². The molecule has 8 nitrogen and oxygen atoms in total. The summed E-state index contributed by atoms with van der Waals surface area (Å²) in [5.74, 6) is -0.988. The minimum absolute atomic E-state index is 0.0698. The Labute approximate surface area is 229 Å². The number of halogens is 1. The second-order valence-corrected chi connectivity index (χ2v) is 11.1. The molecule has 0 saturated carbocycles. The molecule has 2 amide bonds. The summed E-state index contributed by atoms with van der Waals surface area (Å²) in [6.07, 6.45) is 0.318. The molecule has 0 aliphatic carbocycles. The maximum absolute atomic E-state index is 13.9. The number of sulfonamides is 1. The van der Waals surface area contributed by atoms with E-state index in [1.165, 1.54) is 48.4 Å². The first-order valence-electron chi connectivity index (χ1n) is 12.6. The molecule has 0 aliphatic heterocycles. The molecule has 208 valence electrons. The molecule has 0 unspecified atom stereocenters. The van der Waals surface area contributed by atoms with E-state index in [1.807, 2.05) is 44.2 Å². The van der Waals surface area contributed by atoms with Gasteiger partial charge in [-0.25, -0.2) is 12.8 Å². The number of hydrogen-bond acceptors (Lipinski definition) is 5. The second-order valence-electron chi connectivity index (χ2n) is 9.26. The minimum Gasteiger partial charge on any atom is -0.497 e. The molecule has 0 bridgehead atoms. The monoisotopic (exact) mass is 555 g/mol. The van der Waals surface area contributed by atoms with E-state index < -0.39 is 34.3 Å². The van der Waals surface area contributed by atoms with Gasteiger partial charge in [-0.05, 0) is 74.4 Å². The lowest BCUT2D eigenvalue weighted by atomic mass is 10.1. The third-order valence-corrected chi connectivity index (χ3v) is 7.84. The lowest BCUT2D eigenvalue weighted by Gasteiger charge is -2.33. The Hall–Kier alpha value is -3.92. The summed E-state index contributed by atoms with van der Waals surface area (Å²) in [7, 11) is -2.79. The van der Waals surface area contributed by atoms with E-state index in [4.69, 9.17) is 4.74 Å². The van der Waals surface area contributed by atoms with Crippen molar-refractivity contribution in [2.75, 3.05) is 18.0 Å². The smallest absolute Gasteiger partial charge is 0.264 e. The van der Waals surface area contributed by atoms with Crippen molar-refractivity contribution in [3.63, 3.8) is 0 Å². The van der Waals surface area contributed by atoms with E-state index in [9.17, 15) is 22.4 Å². The first kappa shape index (κ1) is 29.6. The van der Waals surface area contributed by atoms with Crippen molar-refractivity contribution in [3.05, 3.63) is 90.2 Å². The van der Waals surface area contributed by atoms with E-state index >= 15 is 0 Å². The molecule has 0 heterocycles. The zero-order valence-electron chi connectivity index (χ0n) is 22.5. The maximum atomic E-state index is 13.9. The number of anilines is 1. The SMILES string of the molecule is CC[C@H](C(=O)NC(C)C)N(Cc1ccccc1)C(=O)CN(c1ccc(F)cc1)S(=O)(=O)c1ccc(OC)cc1. The quantitative estimate of drug-likeness (QED) is 0.358. The molecule has 1 N–H and O–H groups in total. The molecule has 10 heteroatoms. The normalized spacial score (nSPS) is 12.1. The Balaban J connectivity index is 2.04. The van der Waals surface area contributed by atoms with Gasteiger partial charge in [0.1, 0.15) is 24.2 Å². The van der Waals surface area contributed by atoms with Crippen LogP contribution < -0.4 is 14.4 Å². The highest BCUT2D eigenvalue weighted by atomic mass is 32.2. The van der Waals surface area contributed by atoms with Gasteiger partial charge in [-0.3, -0.25) is 13.9 Å². The Kier molecular flexibility index (Phi) is 10.1. The predicted molar refractivity (Wildman–Crippen MR) is 148 cm³/mol. The van der Waals surface area contributed by atoms with Crippen molar-refractivity contribution in [3.8, 4) is 5.75 Å². The van der Waals surface area contributed by atoms with Gasteiger partial charge in [0, 0.05) is 12.6 Å². The van der Waals surface area contributed by atoms with E-state index in [0.29, 0.717) is 12.2 Å². The summed E-state index contributed by atoms with van der Waals surface area (Å²) in [4.78, 5) is 28.3. The number of hydrogen-bond donors (Lipinski definition) is 1. The number of ether oxygens (including phenoxy) is 1. The lowest BCUT2D eigenvalue weighted by molar-refractivity contribution is -0.140. The van der Waals surface area contributed by atoms with Crippen molar-refractivity contribution in [2.45, 2.75) is 50.7 Å². The molecule has 3 rings (SSSR count). The van der Waals surface area contributed by atoms with Crippen LogP contribution in [0.2, 0.25) is 0 Å². The van der Waals surface area contributed by atoms with Crippen LogP contribution in [0, 0.1) is 5.82 Å². The van der Waals surface area contributed by atoms with Crippen molar-refractivity contribution < 1.29 is 27.1 Å². The molecule has 0 aliphatic rings. The average Bonchev–Trinajstić information content (AvgIpc) is 2.92. The number of benzene rings is 3. The highest BCUT2D eigenvalue weighted by molar-refractivity contribution is 7.92. The van der Waals surface area contributed by atoms with Gasteiger partial charge >= 0.3 is 0 Å². The first-order valence-corrected chi connectivity index (χ1v) is 14.1. The van der Waals surface area contributed by atoms with Crippen LogP contribution in [0.4, 0.5) is 10.1 Å². The van der Waals surface area contributed by atoms with Crippen molar-refractivity contribution in [2.24, 2.45) is 0 Å². The predicted octanol–water partition coefficient (Wildman–Crippen LogP) is 4.36. The molecular weight excluding hydrogens is 521 g/mol. The van der Waals surface area contributed by atoms with Crippen LogP contribution in [-0.2, 0) is 26.2 Å². The number of nitrogens with zero attached hydrogens (tertiary/aromatic N) is 2. The van der Waals surface area contributed by atoms with Gasteiger partial charge in [-0.15, -0.1) is 0 Å². The lowest BCUT2D eigenvalue weighted by Crippen LogP contribution is -2.53. The van der Waals surface area contributed by atoms with Crippen molar-refractivity contribution in [1.82, 2.24) is 10.2 Å². The molecule has 0 saturated heterocycles. The summed E-state index contributed by atoms with van der Waals surface area (Å²) in [6, 6.07) is 18.8. The summed E-state index contributed by atoms with van der Waals surface area (Å²) in [5, 5.41) is 2.85. The highest BCUT2D eigenvalue weighted by Crippen LogP contribution is 2.26. The molecule has 0 radical (unpaired) electrons. The zero-order valence-corrected chi connectivity index (χ0v) is 23.3. The largest absolute Gasteiger partial charge is 0.497 e. The number of nitrogens with one attached hydrogen (secondary N) is 1. The van der Waals surface area contributed by atoms with Crippen molar-refractivity contribution in [1.29, 1.82) is 0 Å². The molecule has 1 atom stereocenters. The molecule has 39 heavy (non-hydrogen) atoms. The molecule has 3 aromatic carbocycles. The van der Waals surface area contributed by atoms with E-state index in [0.717, 1.165) is 22.0 Å². The Morgan fingerprint density at radius 2 is 1.56 bits per heavy atom. The second kappa shape index (κ2) is 13.2. The number of carbonyl (C=O) groups excluding carboxylic acids is 2. The third-order valence-electron chi connectivity index (χ3n) is 6.05. The Morgan fingerprint density at radius 3 is 2.10 bits per heavy atom. The summed E-state index contributed by atoms with van der Waals surface area (Å²) >= 11 is 0. The Morgan fingerprint density at radius 1 is 0.949 bits per heavy atom. The number of methoxy groups -OCH3 is 1. The van der Waals surface area contributed by atoms with Gasteiger partial charge < -0.3 is 15.0 Å². The standard InChI is InChI=1S/C29H34FN3O5S/c1-5-27(29(35)31-21(2)3)32(19-22-9-7-6-8-10-22)28(34)20-33(24-13-11-23(30)12-14-24)39(36,37)26-17-15-25(38-4)16-18-26/h6-18,21,27H,5,19-20H2,1-4H3,(H,31,35)/t27-/m1/s1. The van der Waals surface area contributed by atoms with Gasteiger partial charge in [-0.2, -0.15) is 0 Å². The van der Waals surface area contributed by atoms with Crippen LogP contribution in [0.15, 0.2) is 83.8 Å². The Bertz CT molecular complexity index is 1350. The molecule has 0 aromatic heterocycles. The van der Waals surface area contributed by atoms with E-state index in [-0.39, 0.29) is 29.1 Å². The fourth-order valence-electron chi connectivity index (χ4n) is 4.09. The van der Waals surface area contributed by atoms with Gasteiger partial charge in [0.15, 0.2) is 0 Å². The maximum Gasteiger partial charge on any atom is 0.264 e. The van der Waals surface area contributed by atoms with E-state index in [1.54, 1.807) is 6.92 Å².